The van der Waals surface area contributed by atoms with Gasteiger partial charge in [-0.1, -0.05) is 0 Å². The van der Waals surface area contributed by atoms with Gasteiger partial charge in [0, 0.05) is 42.6 Å². The smallest absolute Gasteiger partial charge is 0.252 e. The van der Waals surface area contributed by atoms with Crippen molar-refractivity contribution < 1.29 is 17.6 Å². The van der Waals surface area contributed by atoms with Gasteiger partial charge in [-0.25, -0.2) is 17.1 Å². The summed E-state index contributed by atoms with van der Waals surface area (Å²) in [6.45, 7) is 2.87. The number of fused-ring (bicyclic) bond motifs is 1. The van der Waals surface area contributed by atoms with E-state index in [1.807, 2.05) is 0 Å². The van der Waals surface area contributed by atoms with Crippen LogP contribution >= 0.6 is 0 Å². The minimum Gasteiger partial charge on any atom is -0.352 e. The molecule has 6 nitrogen and oxygen atoms in total. The number of amides is 1. The number of sulfonamides is 1. The Hall–Kier alpha value is -2.06. The Morgan fingerprint density at radius 1 is 1.30 bits per heavy atom. The van der Waals surface area contributed by atoms with Gasteiger partial charge in [0.15, 0.2) is 0 Å². The molecule has 0 bridgehead atoms. The van der Waals surface area contributed by atoms with Crippen molar-refractivity contribution in [2.45, 2.75) is 25.7 Å². The number of hydrogen-bond donors (Lipinski definition) is 1. The van der Waals surface area contributed by atoms with Crippen molar-refractivity contribution in [3.8, 4) is 0 Å². The van der Waals surface area contributed by atoms with E-state index < -0.39 is 15.8 Å². The zero-order valence-electron chi connectivity index (χ0n) is 15.1. The molecule has 1 aliphatic heterocycles. The number of hydrogen-bond acceptors (Lipinski definition) is 4. The van der Waals surface area contributed by atoms with E-state index in [0.29, 0.717) is 42.0 Å². The average Bonchev–Trinajstić information content (AvgIpc) is 3.44. The van der Waals surface area contributed by atoms with Gasteiger partial charge in [0.05, 0.1) is 16.8 Å². The van der Waals surface area contributed by atoms with Gasteiger partial charge in [-0.2, -0.15) is 0 Å². The van der Waals surface area contributed by atoms with E-state index in [0.717, 1.165) is 18.5 Å². The van der Waals surface area contributed by atoms with Crippen molar-refractivity contribution >= 4 is 26.8 Å². The average molecular weight is 391 g/mol. The summed E-state index contributed by atoms with van der Waals surface area (Å²) in [4.78, 5) is 17.3. The highest BCUT2D eigenvalue weighted by Crippen LogP contribution is 2.40. The number of carbonyl (C=O) groups is 1. The van der Waals surface area contributed by atoms with Gasteiger partial charge in [-0.05, 0) is 44.0 Å². The fraction of sp³-hybridized carbons (Fsp3) is 0.474. The Balaban J connectivity index is 1.49. The maximum Gasteiger partial charge on any atom is 0.252 e. The molecule has 144 valence electrons. The van der Waals surface area contributed by atoms with Crippen molar-refractivity contribution in [3.05, 3.63) is 41.3 Å². The number of halogens is 1. The van der Waals surface area contributed by atoms with Crippen LogP contribution in [0.3, 0.4) is 0 Å². The van der Waals surface area contributed by atoms with Crippen molar-refractivity contribution in [2.24, 2.45) is 5.92 Å². The van der Waals surface area contributed by atoms with Gasteiger partial charge >= 0.3 is 0 Å². The number of carbonyl (C=O) groups excluding carboxylic acids is 1. The predicted molar refractivity (Wildman–Crippen MR) is 101 cm³/mol. The van der Waals surface area contributed by atoms with Crippen LogP contribution in [-0.4, -0.2) is 49.0 Å². The minimum absolute atomic E-state index is 0.0879. The first-order valence-electron chi connectivity index (χ1n) is 9.23. The van der Waals surface area contributed by atoms with E-state index in [1.165, 1.54) is 16.4 Å². The molecule has 2 fully saturated rings. The number of rotatable bonds is 6. The lowest BCUT2D eigenvalue weighted by atomic mass is 10.0. The fourth-order valence-corrected chi connectivity index (χ4v) is 4.63. The van der Waals surface area contributed by atoms with Crippen LogP contribution in [0.25, 0.3) is 10.9 Å². The summed E-state index contributed by atoms with van der Waals surface area (Å²) in [5, 5.41) is 3.38. The van der Waals surface area contributed by atoms with Crippen LogP contribution in [-0.2, 0) is 10.0 Å². The van der Waals surface area contributed by atoms with Crippen LogP contribution < -0.4 is 5.32 Å². The monoisotopic (exact) mass is 391 g/mol. The Labute approximate surface area is 157 Å². The molecular formula is C19H22FN3O3S. The predicted octanol–water partition coefficient (Wildman–Crippen LogP) is 2.26. The van der Waals surface area contributed by atoms with Crippen LogP contribution in [0.5, 0.6) is 0 Å². The molecule has 0 atom stereocenters. The van der Waals surface area contributed by atoms with Crippen LogP contribution in [0, 0.1) is 11.7 Å². The van der Waals surface area contributed by atoms with Gasteiger partial charge in [-0.15, -0.1) is 0 Å². The zero-order chi connectivity index (χ0) is 19.2. The van der Waals surface area contributed by atoms with Gasteiger partial charge in [0.25, 0.3) is 5.91 Å². The Bertz CT molecular complexity index is 999. The molecule has 1 N–H and O–H groups in total. The highest BCUT2D eigenvalue weighted by atomic mass is 32.2. The summed E-state index contributed by atoms with van der Waals surface area (Å²) < 4.78 is 38.7. The topological polar surface area (TPSA) is 79.4 Å². The van der Waals surface area contributed by atoms with E-state index in [2.05, 4.69) is 10.3 Å². The number of benzene rings is 1. The lowest BCUT2D eigenvalue weighted by molar-refractivity contribution is 0.0931. The van der Waals surface area contributed by atoms with Crippen LogP contribution in [0.15, 0.2) is 24.3 Å². The molecule has 1 aromatic heterocycles. The fourth-order valence-electron chi connectivity index (χ4n) is 3.39. The van der Waals surface area contributed by atoms with Gasteiger partial charge < -0.3 is 5.32 Å². The Morgan fingerprint density at radius 3 is 2.70 bits per heavy atom. The highest BCUT2D eigenvalue weighted by molar-refractivity contribution is 7.89. The van der Waals surface area contributed by atoms with Gasteiger partial charge in [-0.3, -0.25) is 9.78 Å². The molecular weight excluding hydrogens is 369 g/mol. The third-order valence-electron chi connectivity index (χ3n) is 5.26. The minimum atomic E-state index is -3.16. The number of pyridine rings is 1. The van der Waals surface area contributed by atoms with Crippen LogP contribution in [0.4, 0.5) is 4.39 Å². The first-order chi connectivity index (χ1) is 12.9. The van der Waals surface area contributed by atoms with Crippen molar-refractivity contribution in [3.63, 3.8) is 0 Å². The first kappa shape index (κ1) is 18.3. The molecule has 1 saturated carbocycles. The summed E-state index contributed by atoms with van der Waals surface area (Å²) in [7, 11) is -3.16. The molecule has 2 heterocycles. The summed E-state index contributed by atoms with van der Waals surface area (Å²) in [5.41, 5.74) is 1.93. The second-order valence-corrected chi connectivity index (χ2v) is 9.58. The summed E-state index contributed by atoms with van der Waals surface area (Å²) in [5.74, 6) is -0.109. The van der Waals surface area contributed by atoms with E-state index in [4.69, 9.17) is 0 Å². The molecule has 1 aromatic carbocycles. The van der Waals surface area contributed by atoms with Gasteiger partial charge in [0.1, 0.15) is 5.82 Å². The lowest BCUT2D eigenvalue weighted by Crippen LogP contribution is -2.54. The Morgan fingerprint density at radius 2 is 2.04 bits per heavy atom. The molecule has 1 aliphatic carbocycles. The summed E-state index contributed by atoms with van der Waals surface area (Å²) >= 11 is 0. The largest absolute Gasteiger partial charge is 0.352 e. The molecule has 1 amide bonds. The lowest BCUT2D eigenvalue weighted by Gasteiger charge is -2.37. The van der Waals surface area contributed by atoms with E-state index in [1.54, 1.807) is 19.1 Å². The third-order valence-corrected chi connectivity index (χ3v) is 7.08. The standard InChI is InChI=1S/C19H22FN3O3S/c1-2-27(25,26)23-10-12(11-23)9-21-19(24)16-8-18(13-3-4-13)22-17-6-5-14(20)7-15(16)17/h5-8,12-13H,2-4,9-11H2,1H3,(H,21,24). The molecule has 2 aromatic rings. The Kier molecular flexibility index (Phi) is 4.63. The molecule has 1 saturated heterocycles. The first-order valence-corrected chi connectivity index (χ1v) is 10.8. The molecule has 0 spiro atoms. The zero-order valence-corrected chi connectivity index (χ0v) is 15.9. The molecule has 0 radical (unpaired) electrons. The molecule has 8 heteroatoms. The second kappa shape index (κ2) is 6.83. The quantitative estimate of drug-likeness (QED) is 0.819. The number of nitrogens with zero attached hydrogens (tertiary/aromatic N) is 2. The SMILES string of the molecule is CCS(=O)(=O)N1CC(CNC(=O)c2cc(C3CC3)nc3ccc(F)cc23)C1. The normalized spacial score (nSPS) is 18.4. The number of nitrogens with one attached hydrogen (secondary N) is 1. The second-order valence-electron chi connectivity index (χ2n) is 7.32. The van der Waals surface area contributed by atoms with E-state index in [-0.39, 0.29) is 17.6 Å². The van der Waals surface area contributed by atoms with E-state index >= 15 is 0 Å². The summed E-state index contributed by atoms with van der Waals surface area (Å²) in [6, 6.07) is 6.06. The van der Waals surface area contributed by atoms with E-state index in [9.17, 15) is 17.6 Å². The number of aromatic nitrogens is 1. The highest BCUT2D eigenvalue weighted by Gasteiger charge is 2.34. The van der Waals surface area contributed by atoms with Crippen molar-refractivity contribution in [1.29, 1.82) is 0 Å². The molecule has 27 heavy (non-hydrogen) atoms. The third kappa shape index (κ3) is 3.68. The van der Waals surface area contributed by atoms with Crippen molar-refractivity contribution in [2.75, 3.05) is 25.4 Å². The summed E-state index contributed by atoms with van der Waals surface area (Å²) in [6.07, 6.45) is 2.12. The van der Waals surface area contributed by atoms with Crippen molar-refractivity contribution in [1.82, 2.24) is 14.6 Å². The molecule has 2 aliphatic rings. The molecule has 0 unspecified atom stereocenters. The maximum absolute atomic E-state index is 13.7. The molecule has 4 rings (SSSR count). The van der Waals surface area contributed by atoms with Gasteiger partial charge in [0.2, 0.25) is 10.0 Å². The maximum atomic E-state index is 13.7. The van der Waals surface area contributed by atoms with Crippen LogP contribution in [0.2, 0.25) is 0 Å². The van der Waals surface area contributed by atoms with Crippen LogP contribution in [0.1, 0.15) is 41.7 Å².